The Hall–Kier alpha value is -3.13. The Balaban J connectivity index is 1.63. The number of hydrogen-bond donors (Lipinski definition) is 1. The Bertz CT molecular complexity index is 1340. The number of hydrogen-bond acceptors (Lipinski definition) is 4. The van der Waals surface area contributed by atoms with Gasteiger partial charge >= 0.3 is 0 Å². The Morgan fingerprint density at radius 1 is 1.13 bits per heavy atom. The lowest BCUT2D eigenvalue weighted by atomic mass is 10.00. The van der Waals surface area contributed by atoms with Crippen molar-refractivity contribution in [3.05, 3.63) is 64.6 Å². The molecular formula is C22H21F2N5O. The molecule has 0 aliphatic carbocycles. The lowest BCUT2D eigenvalue weighted by Gasteiger charge is -2.29. The normalized spacial score (nSPS) is 19.6. The minimum absolute atomic E-state index is 0.00860. The van der Waals surface area contributed by atoms with Gasteiger partial charge in [-0.05, 0) is 57.0 Å². The highest BCUT2D eigenvalue weighted by molar-refractivity contribution is 5.84. The topological polar surface area (TPSA) is 64.2 Å². The van der Waals surface area contributed by atoms with Crippen molar-refractivity contribution in [2.45, 2.75) is 38.8 Å². The first-order valence-corrected chi connectivity index (χ1v) is 9.99. The van der Waals surface area contributed by atoms with E-state index in [9.17, 15) is 9.18 Å². The van der Waals surface area contributed by atoms with Crippen LogP contribution in [0.15, 0.2) is 41.7 Å². The number of fused-ring (bicyclic) bond motifs is 2. The molecule has 5 rings (SSSR count). The van der Waals surface area contributed by atoms with Crippen molar-refractivity contribution >= 4 is 16.6 Å². The van der Waals surface area contributed by atoms with Crippen molar-refractivity contribution in [2.24, 2.45) is 0 Å². The van der Waals surface area contributed by atoms with Gasteiger partial charge in [0.1, 0.15) is 11.2 Å². The van der Waals surface area contributed by atoms with Gasteiger partial charge in [-0.25, -0.2) is 18.7 Å². The van der Waals surface area contributed by atoms with Crippen LogP contribution in [-0.4, -0.2) is 31.5 Å². The van der Waals surface area contributed by atoms with Crippen molar-refractivity contribution in [1.29, 1.82) is 0 Å². The molecule has 1 aromatic carbocycles. The maximum Gasteiger partial charge on any atom is 0.264 e. The SMILES string of the molecule is Cc1cn2cc(-c3cc(F)c4c(=O)n([C@@H]5CCN[C@H](C)C5)cnc4c3)cc(F)c2n1. The molecule has 8 heteroatoms. The third-order valence-corrected chi connectivity index (χ3v) is 5.79. The van der Waals surface area contributed by atoms with E-state index < -0.39 is 11.6 Å². The largest absolute Gasteiger partial charge is 0.314 e. The van der Waals surface area contributed by atoms with Crippen LogP contribution < -0.4 is 10.9 Å². The monoisotopic (exact) mass is 409 g/mol. The molecule has 1 fully saturated rings. The minimum atomic E-state index is -0.654. The summed E-state index contributed by atoms with van der Waals surface area (Å²) in [6.45, 7) is 4.65. The zero-order valence-corrected chi connectivity index (χ0v) is 16.7. The van der Waals surface area contributed by atoms with E-state index in [0.29, 0.717) is 16.8 Å². The molecule has 1 aliphatic rings. The highest BCUT2D eigenvalue weighted by Crippen LogP contribution is 2.27. The van der Waals surface area contributed by atoms with Crippen LogP contribution in [0.5, 0.6) is 0 Å². The second kappa shape index (κ2) is 6.98. The first kappa shape index (κ1) is 18.9. The van der Waals surface area contributed by atoms with Gasteiger partial charge in [0.05, 0.1) is 17.5 Å². The highest BCUT2D eigenvalue weighted by Gasteiger charge is 2.22. The van der Waals surface area contributed by atoms with Crippen molar-refractivity contribution in [1.82, 2.24) is 24.3 Å². The molecule has 0 spiro atoms. The summed E-state index contributed by atoms with van der Waals surface area (Å²) >= 11 is 0. The van der Waals surface area contributed by atoms with Gasteiger partial charge < -0.3 is 9.72 Å². The number of rotatable bonds is 2. The molecular weight excluding hydrogens is 388 g/mol. The van der Waals surface area contributed by atoms with E-state index in [0.717, 1.165) is 19.4 Å². The lowest BCUT2D eigenvalue weighted by Crippen LogP contribution is -2.39. The van der Waals surface area contributed by atoms with Crippen molar-refractivity contribution in [2.75, 3.05) is 6.54 Å². The van der Waals surface area contributed by atoms with Crippen molar-refractivity contribution in [3.8, 4) is 11.1 Å². The molecule has 2 atom stereocenters. The summed E-state index contributed by atoms with van der Waals surface area (Å²) in [6.07, 6.45) is 6.48. The van der Waals surface area contributed by atoms with E-state index in [1.165, 1.54) is 18.5 Å². The first-order chi connectivity index (χ1) is 14.4. The average molecular weight is 409 g/mol. The zero-order chi connectivity index (χ0) is 21.0. The quantitative estimate of drug-likeness (QED) is 0.549. The molecule has 0 amide bonds. The van der Waals surface area contributed by atoms with Gasteiger partial charge in [-0.2, -0.15) is 0 Å². The van der Waals surface area contributed by atoms with Gasteiger partial charge in [0, 0.05) is 30.0 Å². The molecule has 1 aliphatic heterocycles. The fourth-order valence-corrected chi connectivity index (χ4v) is 4.33. The standard InChI is InChI=1S/C22H21F2N5O/c1-12-5-16(3-4-25-12)29-11-26-19-8-14(6-17(23)20(19)22(29)30)15-7-18(24)21-27-13(2)9-28(21)10-15/h6-12,16,25H,3-5H2,1-2H3/t12-,16-/m1/s1. The molecule has 3 aromatic heterocycles. The maximum absolute atomic E-state index is 15.1. The molecule has 4 aromatic rings. The lowest BCUT2D eigenvalue weighted by molar-refractivity contribution is 0.307. The van der Waals surface area contributed by atoms with E-state index in [4.69, 9.17) is 0 Å². The third kappa shape index (κ3) is 3.08. The van der Waals surface area contributed by atoms with E-state index in [1.807, 2.05) is 0 Å². The molecule has 1 saturated heterocycles. The molecule has 4 heterocycles. The number of nitrogens with zero attached hydrogens (tertiary/aromatic N) is 4. The number of aryl methyl sites for hydroxylation is 1. The Kier molecular flexibility index (Phi) is 4.39. The predicted octanol–water partition coefficient (Wildman–Crippen LogP) is 3.61. The first-order valence-electron chi connectivity index (χ1n) is 9.99. The number of nitrogens with one attached hydrogen (secondary N) is 1. The van der Waals surface area contributed by atoms with Gasteiger partial charge in [-0.3, -0.25) is 9.36 Å². The number of benzene rings is 1. The van der Waals surface area contributed by atoms with Crippen LogP contribution in [0.4, 0.5) is 8.78 Å². The zero-order valence-electron chi connectivity index (χ0n) is 16.7. The molecule has 0 unspecified atom stereocenters. The molecule has 30 heavy (non-hydrogen) atoms. The van der Waals surface area contributed by atoms with E-state index >= 15 is 4.39 Å². The number of piperidine rings is 1. The second-order valence-corrected chi connectivity index (χ2v) is 8.03. The van der Waals surface area contributed by atoms with Crippen LogP contribution in [0.2, 0.25) is 0 Å². The van der Waals surface area contributed by atoms with Crippen LogP contribution in [0, 0.1) is 18.6 Å². The van der Waals surface area contributed by atoms with Gasteiger partial charge in [0.2, 0.25) is 0 Å². The van der Waals surface area contributed by atoms with Crippen LogP contribution >= 0.6 is 0 Å². The van der Waals surface area contributed by atoms with Gasteiger partial charge in [-0.1, -0.05) is 0 Å². The Morgan fingerprint density at radius 2 is 1.93 bits per heavy atom. The average Bonchev–Trinajstić information content (AvgIpc) is 3.08. The second-order valence-electron chi connectivity index (χ2n) is 8.03. The molecule has 154 valence electrons. The van der Waals surface area contributed by atoms with E-state index in [2.05, 4.69) is 22.2 Å². The molecule has 1 N–H and O–H groups in total. The Labute approximate surface area is 171 Å². The van der Waals surface area contributed by atoms with Gasteiger partial charge in [0.25, 0.3) is 5.56 Å². The number of halogens is 2. The number of imidazole rings is 1. The van der Waals surface area contributed by atoms with Gasteiger partial charge in [-0.15, -0.1) is 0 Å². The molecule has 0 radical (unpaired) electrons. The van der Waals surface area contributed by atoms with Crippen LogP contribution in [0.1, 0.15) is 31.5 Å². The van der Waals surface area contributed by atoms with E-state index in [-0.39, 0.29) is 34.2 Å². The number of pyridine rings is 1. The summed E-state index contributed by atoms with van der Waals surface area (Å²) in [5, 5.41) is 3.31. The predicted molar refractivity (Wildman–Crippen MR) is 111 cm³/mol. The van der Waals surface area contributed by atoms with Crippen LogP contribution in [0.25, 0.3) is 27.7 Å². The summed E-state index contributed by atoms with van der Waals surface area (Å²) in [4.78, 5) is 21.5. The fraction of sp³-hybridized carbons (Fsp3) is 0.318. The smallest absolute Gasteiger partial charge is 0.264 e. The van der Waals surface area contributed by atoms with Gasteiger partial charge in [0.15, 0.2) is 11.5 Å². The molecule has 0 bridgehead atoms. The van der Waals surface area contributed by atoms with Crippen LogP contribution in [-0.2, 0) is 0 Å². The summed E-state index contributed by atoms with van der Waals surface area (Å²) in [6, 6.07) is 4.49. The Morgan fingerprint density at radius 3 is 2.73 bits per heavy atom. The summed E-state index contributed by atoms with van der Waals surface area (Å²) in [5.41, 5.74) is 1.72. The summed E-state index contributed by atoms with van der Waals surface area (Å²) < 4.78 is 32.6. The third-order valence-electron chi connectivity index (χ3n) is 5.79. The summed E-state index contributed by atoms with van der Waals surface area (Å²) in [7, 11) is 0. The fourth-order valence-electron chi connectivity index (χ4n) is 4.33. The minimum Gasteiger partial charge on any atom is -0.314 e. The molecule has 0 saturated carbocycles. The number of aromatic nitrogens is 4. The maximum atomic E-state index is 15.1. The van der Waals surface area contributed by atoms with Crippen molar-refractivity contribution < 1.29 is 8.78 Å². The highest BCUT2D eigenvalue weighted by atomic mass is 19.1. The molecule has 6 nitrogen and oxygen atoms in total. The van der Waals surface area contributed by atoms with E-state index in [1.54, 1.807) is 34.4 Å². The van der Waals surface area contributed by atoms with Crippen LogP contribution in [0.3, 0.4) is 0 Å². The summed E-state index contributed by atoms with van der Waals surface area (Å²) in [5.74, 6) is -1.15. The van der Waals surface area contributed by atoms with Crippen molar-refractivity contribution in [3.63, 3.8) is 0 Å².